The molecular formula is C19H30O2. The van der Waals surface area contributed by atoms with E-state index in [2.05, 4.69) is 20.8 Å². The van der Waals surface area contributed by atoms with Gasteiger partial charge in [0.05, 0.1) is 12.2 Å². The average Bonchev–Trinajstić information content (AvgIpc) is 2.45. The average molecular weight is 290 g/mol. The molecule has 1 aromatic rings. The zero-order chi connectivity index (χ0) is 15.3. The molecule has 0 spiro atoms. The Morgan fingerprint density at radius 2 is 2.10 bits per heavy atom. The van der Waals surface area contributed by atoms with Crippen molar-refractivity contribution in [3.05, 3.63) is 29.8 Å². The van der Waals surface area contributed by atoms with E-state index in [1.807, 2.05) is 24.3 Å². The van der Waals surface area contributed by atoms with Gasteiger partial charge in [0.25, 0.3) is 0 Å². The zero-order valence-corrected chi connectivity index (χ0v) is 13.8. The van der Waals surface area contributed by atoms with Gasteiger partial charge >= 0.3 is 0 Å². The molecule has 1 saturated carbocycles. The molecule has 1 N–H and O–H groups in total. The van der Waals surface area contributed by atoms with Crippen molar-refractivity contribution >= 4 is 0 Å². The van der Waals surface area contributed by atoms with Gasteiger partial charge in [-0.25, -0.2) is 0 Å². The van der Waals surface area contributed by atoms with Crippen LogP contribution in [0, 0.1) is 11.8 Å². The molecule has 2 heteroatoms. The van der Waals surface area contributed by atoms with Gasteiger partial charge in [0.1, 0.15) is 5.75 Å². The highest BCUT2D eigenvalue weighted by molar-refractivity contribution is 5.38. The summed E-state index contributed by atoms with van der Waals surface area (Å²) >= 11 is 0. The Labute approximate surface area is 129 Å². The van der Waals surface area contributed by atoms with E-state index in [9.17, 15) is 5.11 Å². The van der Waals surface area contributed by atoms with E-state index in [-0.39, 0.29) is 0 Å². The number of para-hydroxylation sites is 1. The highest BCUT2D eigenvalue weighted by Gasteiger charge is 2.37. The van der Waals surface area contributed by atoms with Gasteiger partial charge in [-0.3, -0.25) is 0 Å². The van der Waals surface area contributed by atoms with E-state index >= 15 is 0 Å². The normalized spacial score (nSPS) is 26.0. The monoisotopic (exact) mass is 290 g/mol. The summed E-state index contributed by atoms with van der Waals surface area (Å²) in [5, 5.41) is 11.2. The SMILES string of the molecule is CCCOc1ccccc1C1(O)CCCC(CC(C)C)C1. The van der Waals surface area contributed by atoms with Crippen LogP contribution in [0.15, 0.2) is 24.3 Å². The third kappa shape index (κ3) is 4.23. The highest BCUT2D eigenvalue weighted by Crippen LogP contribution is 2.44. The first-order chi connectivity index (χ1) is 10.0. The summed E-state index contributed by atoms with van der Waals surface area (Å²) in [5.41, 5.74) is 0.286. The predicted octanol–water partition coefficient (Wildman–Crippen LogP) is 4.90. The standard InChI is InChI=1S/C19H30O2/c1-4-12-21-18-10-6-5-9-17(18)19(20)11-7-8-16(14-19)13-15(2)3/h5-6,9-10,15-16,20H,4,7-8,11-14H2,1-3H3. The van der Waals surface area contributed by atoms with Crippen LogP contribution >= 0.6 is 0 Å². The molecule has 1 fully saturated rings. The molecule has 1 aliphatic carbocycles. The minimum absolute atomic E-state index is 0.628. The van der Waals surface area contributed by atoms with Gasteiger partial charge in [0, 0.05) is 5.56 Å². The molecule has 2 unspecified atom stereocenters. The molecule has 1 aromatic carbocycles. The molecule has 21 heavy (non-hydrogen) atoms. The summed E-state index contributed by atoms with van der Waals surface area (Å²) in [6.45, 7) is 7.36. The van der Waals surface area contributed by atoms with Crippen molar-refractivity contribution < 1.29 is 9.84 Å². The maximum Gasteiger partial charge on any atom is 0.125 e. The van der Waals surface area contributed by atoms with Crippen molar-refractivity contribution in [1.29, 1.82) is 0 Å². The van der Waals surface area contributed by atoms with Crippen LogP contribution in [0.5, 0.6) is 5.75 Å². The molecule has 118 valence electrons. The lowest BCUT2D eigenvalue weighted by atomic mass is 9.72. The maximum absolute atomic E-state index is 11.2. The Morgan fingerprint density at radius 3 is 2.81 bits per heavy atom. The van der Waals surface area contributed by atoms with Crippen molar-refractivity contribution in [3.63, 3.8) is 0 Å². The lowest BCUT2D eigenvalue weighted by Gasteiger charge is -2.38. The zero-order valence-electron chi connectivity index (χ0n) is 13.8. The van der Waals surface area contributed by atoms with Gasteiger partial charge in [-0.15, -0.1) is 0 Å². The summed E-state index contributed by atoms with van der Waals surface area (Å²) in [6.07, 6.45) is 6.28. The summed E-state index contributed by atoms with van der Waals surface area (Å²) in [6, 6.07) is 8.04. The molecule has 2 atom stereocenters. The van der Waals surface area contributed by atoms with Crippen LogP contribution in [0.3, 0.4) is 0 Å². The second-order valence-electron chi connectivity index (χ2n) is 6.97. The molecule has 0 radical (unpaired) electrons. The summed E-state index contributed by atoms with van der Waals surface area (Å²) in [7, 11) is 0. The minimum Gasteiger partial charge on any atom is -0.493 e. The molecule has 0 aromatic heterocycles. The quantitative estimate of drug-likeness (QED) is 0.807. The Bertz CT molecular complexity index is 441. The van der Waals surface area contributed by atoms with Crippen molar-refractivity contribution in [2.45, 2.75) is 64.9 Å². The first-order valence-corrected chi connectivity index (χ1v) is 8.50. The van der Waals surface area contributed by atoms with Gasteiger partial charge in [0.2, 0.25) is 0 Å². The number of aliphatic hydroxyl groups is 1. The number of hydrogen-bond acceptors (Lipinski definition) is 2. The summed E-state index contributed by atoms with van der Waals surface area (Å²) in [4.78, 5) is 0. The van der Waals surface area contributed by atoms with Gasteiger partial charge < -0.3 is 9.84 Å². The van der Waals surface area contributed by atoms with E-state index < -0.39 is 5.60 Å². The van der Waals surface area contributed by atoms with Crippen LogP contribution in [0.4, 0.5) is 0 Å². The van der Waals surface area contributed by atoms with Crippen LogP contribution < -0.4 is 4.74 Å². The van der Waals surface area contributed by atoms with Crippen molar-refractivity contribution in [2.75, 3.05) is 6.61 Å². The second kappa shape index (κ2) is 7.31. The van der Waals surface area contributed by atoms with Crippen LogP contribution in [0.25, 0.3) is 0 Å². The van der Waals surface area contributed by atoms with Crippen LogP contribution in [-0.2, 0) is 5.60 Å². The summed E-state index contributed by atoms with van der Waals surface area (Å²) in [5.74, 6) is 2.19. The van der Waals surface area contributed by atoms with E-state index in [1.165, 1.54) is 12.8 Å². The first kappa shape index (κ1) is 16.4. The molecule has 1 aliphatic rings. The molecule has 2 rings (SSSR count). The van der Waals surface area contributed by atoms with E-state index in [0.717, 1.165) is 37.0 Å². The van der Waals surface area contributed by atoms with Crippen LogP contribution in [0.1, 0.15) is 64.9 Å². The minimum atomic E-state index is -0.706. The largest absolute Gasteiger partial charge is 0.493 e. The second-order valence-corrected chi connectivity index (χ2v) is 6.97. The fourth-order valence-corrected chi connectivity index (χ4v) is 3.67. The van der Waals surface area contributed by atoms with E-state index in [0.29, 0.717) is 18.4 Å². The Hall–Kier alpha value is -1.02. The number of hydrogen-bond donors (Lipinski definition) is 1. The summed E-state index contributed by atoms with van der Waals surface area (Å²) < 4.78 is 5.86. The molecule has 0 amide bonds. The molecule has 0 heterocycles. The molecule has 2 nitrogen and oxygen atoms in total. The highest BCUT2D eigenvalue weighted by atomic mass is 16.5. The molecule has 0 aliphatic heterocycles. The number of ether oxygens (including phenoxy) is 1. The topological polar surface area (TPSA) is 29.5 Å². The maximum atomic E-state index is 11.2. The van der Waals surface area contributed by atoms with Gasteiger partial charge in [-0.05, 0) is 50.0 Å². The van der Waals surface area contributed by atoms with Gasteiger partial charge in [-0.2, -0.15) is 0 Å². The predicted molar refractivity (Wildman–Crippen MR) is 87.5 cm³/mol. The Kier molecular flexibility index (Phi) is 5.69. The number of rotatable bonds is 6. The fraction of sp³-hybridized carbons (Fsp3) is 0.684. The van der Waals surface area contributed by atoms with Gasteiger partial charge in [-0.1, -0.05) is 45.4 Å². The molecule has 0 bridgehead atoms. The van der Waals surface area contributed by atoms with Crippen molar-refractivity contribution in [3.8, 4) is 5.75 Å². The Balaban J connectivity index is 2.18. The van der Waals surface area contributed by atoms with E-state index in [1.54, 1.807) is 0 Å². The number of benzene rings is 1. The third-order valence-corrected chi connectivity index (χ3v) is 4.48. The van der Waals surface area contributed by atoms with Gasteiger partial charge in [0.15, 0.2) is 0 Å². The van der Waals surface area contributed by atoms with Crippen LogP contribution in [0.2, 0.25) is 0 Å². The van der Waals surface area contributed by atoms with Crippen LogP contribution in [-0.4, -0.2) is 11.7 Å². The first-order valence-electron chi connectivity index (χ1n) is 8.50. The smallest absolute Gasteiger partial charge is 0.125 e. The third-order valence-electron chi connectivity index (χ3n) is 4.48. The lowest BCUT2D eigenvalue weighted by Crippen LogP contribution is -2.33. The van der Waals surface area contributed by atoms with Crippen molar-refractivity contribution in [2.24, 2.45) is 11.8 Å². The molecule has 0 saturated heterocycles. The fourth-order valence-electron chi connectivity index (χ4n) is 3.67. The lowest BCUT2D eigenvalue weighted by molar-refractivity contribution is -0.0264. The molecular weight excluding hydrogens is 260 g/mol. The van der Waals surface area contributed by atoms with Crippen molar-refractivity contribution in [1.82, 2.24) is 0 Å². The van der Waals surface area contributed by atoms with E-state index in [4.69, 9.17) is 4.74 Å². The Morgan fingerprint density at radius 1 is 1.33 bits per heavy atom.